The quantitative estimate of drug-likeness (QED) is 0.290. The first kappa shape index (κ1) is 26.6. The summed E-state index contributed by atoms with van der Waals surface area (Å²) in [7, 11) is 0. The molecule has 2 aromatic carbocycles. The van der Waals surface area contributed by atoms with Crippen LogP contribution in [0.4, 0.5) is 10.1 Å². The lowest BCUT2D eigenvalue weighted by molar-refractivity contribution is -0.126. The third kappa shape index (κ3) is 6.46. The van der Waals surface area contributed by atoms with Gasteiger partial charge in [-0.25, -0.2) is 4.39 Å². The van der Waals surface area contributed by atoms with E-state index in [-0.39, 0.29) is 12.1 Å². The number of halogens is 1. The van der Waals surface area contributed by atoms with Gasteiger partial charge >= 0.3 is 0 Å². The van der Waals surface area contributed by atoms with Gasteiger partial charge in [-0.05, 0) is 60.8 Å². The number of thiophene rings is 1. The Morgan fingerprint density at radius 2 is 1.79 bits per heavy atom. The van der Waals surface area contributed by atoms with Crippen molar-refractivity contribution in [3.8, 4) is 5.75 Å². The van der Waals surface area contributed by atoms with E-state index in [1.807, 2.05) is 6.92 Å². The van der Waals surface area contributed by atoms with Crippen molar-refractivity contribution in [2.24, 2.45) is 0 Å². The molecule has 0 aliphatic rings. The molecule has 10 heteroatoms. The van der Waals surface area contributed by atoms with E-state index in [1.165, 1.54) is 40.7 Å². The highest BCUT2D eigenvalue weighted by Crippen LogP contribution is 2.31. The highest BCUT2D eigenvalue weighted by Gasteiger charge is 2.34. The fourth-order valence-corrected chi connectivity index (χ4v) is 4.46. The van der Waals surface area contributed by atoms with Gasteiger partial charge in [0.1, 0.15) is 23.4 Å². The minimum Gasteiger partial charge on any atom is -0.494 e. The normalized spacial score (nSPS) is 11.4. The molecule has 2 N–H and O–H groups in total. The van der Waals surface area contributed by atoms with E-state index in [1.54, 1.807) is 60.0 Å². The number of nitrogens with zero attached hydrogens (tertiary/aromatic N) is 1. The Bertz CT molecular complexity index is 1360. The number of benzene rings is 2. The van der Waals surface area contributed by atoms with Gasteiger partial charge in [0.05, 0.1) is 30.8 Å². The number of carbonyl (C=O) groups is 3. The van der Waals surface area contributed by atoms with Crippen LogP contribution < -0.4 is 20.3 Å². The average molecular weight is 536 g/mol. The van der Waals surface area contributed by atoms with Crippen LogP contribution in [0, 0.1) is 5.82 Å². The van der Waals surface area contributed by atoms with Gasteiger partial charge in [0.2, 0.25) is 11.8 Å². The first-order chi connectivity index (χ1) is 18.5. The van der Waals surface area contributed by atoms with Crippen LogP contribution >= 0.6 is 11.3 Å². The molecular formula is C28H26FN3O5S. The van der Waals surface area contributed by atoms with E-state index in [4.69, 9.17) is 9.15 Å². The lowest BCUT2D eigenvalue weighted by atomic mass is 10.0. The Morgan fingerprint density at radius 1 is 1.00 bits per heavy atom. The zero-order chi connectivity index (χ0) is 26.9. The van der Waals surface area contributed by atoms with Crippen LogP contribution in [0.3, 0.4) is 0 Å². The van der Waals surface area contributed by atoms with Crippen molar-refractivity contribution < 1.29 is 27.9 Å². The number of furan rings is 1. The topological polar surface area (TPSA) is 101 Å². The molecule has 0 saturated carbocycles. The number of amides is 3. The fourth-order valence-electron chi connectivity index (χ4n) is 3.82. The summed E-state index contributed by atoms with van der Waals surface area (Å²) in [5.74, 6) is -1.26. The van der Waals surface area contributed by atoms with E-state index < -0.39 is 36.1 Å². The smallest absolute Gasteiger partial charge is 0.261 e. The van der Waals surface area contributed by atoms with Crippen LogP contribution in [0.25, 0.3) is 0 Å². The molecule has 0 unspecified atom stereocenters. The van der Waals surface area contributed by atoms with Crippen molar-refractivity contribution in [2.45, 2.75) is 19.5 Å². The summed E-state index contributed by atoms with van der Waals surface area (Å²) < 4.78 is 25.9. The highest BCUT2D eigenvalue weighted by atomic mass is 32.1. The molecule has 2 heterocycles. The van der Waals surface area contributed by atoms with Gasteiger partial charge < -0.3 is 19.8 Å². The molecule has 196 valence electrons. The van der Waals surface area contributed by atoms with E-state index in [0.29, 0.717) is 28.7 Å². The molecule has 0 aliphatic carbocycles. The predicted octanol–water partition coefficient (Wildman–Crippen LogP) is 4.70. The second-order valence-corrected chi connectivity index (χ2v) is 9.02. The number of hydrogen-bond donors (Lipinski definition) is 2. The van der Waals surface area contributed by atoms with Crippen LogP contribution in [0.15, 0.2) is 88.9 Å². The Labute approximate surface area is 223 Å². The summed E-state index contributed by atoms with van der Waals surface area (Å²) in [5, 5.41) is 7.08. The maximum Gasteiger partial charge on any atom is 0.261 e. The second-order valence-electron chi connectivity index (χ2n) is 8.07. The summed E-state index contributed by atoms with van der Waals surface area (Å²) in [6.07, 6.45) is 1.47. The number of nitrogens with one attached hydrogen (secondary N) is 2. The van der Waals surface area contributed by atoms with Crippen LogP contribution in [-0.4, -0.2) is 30.9 Å². The van der Waals surface area contributed by atoms with Crippen molar-refractivity contribution in [1.29, 1.82) is 0 Å². The minimum atomic E-state index is -1.38. The molecule has 0 spiro atoms. The monoisotopic (exact) mass is 535 g/mol. The summed E-state index contributed by atoms with van der Waals surface area (Å²) in [6.45, 7) is 1.92. The van der Waals surface area contributed by atoms with Crippen LogP contribution in [-0.2, 0) is 16.1 Å². The zero-order valence-electron chi connectivity index (χ0n) is 20.6. The van der Waals surface area contributed by atoms with Crippen molar-refractivity contribution in [2.75, 3.05) is 18.1 Å². The van der Waals surface area contributed by atoms with Gasteiger partial charge in [-0.15, -0.1) is 11.3 Å². The molecule has 0 radical (unpaired) electrons. The first-order valence-electron chi connectivity index (χ1n) is 11.9. The van der Waals surface area contributed by atoms with Crippen molar-refractivity contribution >= 4 is 34.7 Å². The van der Waals surface area contributed by atoms with Crippen LogP contribution in [0.1, 0.15) is 34.0 Å². The van der Waals surface area contributed by atoms with Gasteiger partial charge in [-0.2, -0.15) is 0 Å². The molecule has 4 rings (SSSR count). The lowest BCUT2D eigenvalue weighted by Gasteiger charge is -2.32. The SMILES string of the molecule is CCOc1ccc(N(C(=O)CNC(=O)c2cccs2)[C@H](C(=O)NCc2ccco2)c2ccccc2F)cc1. The maximum absolute atomic E-state index is 15.1. The molecule has 0 fully saturated rings. The number of rotatable bonds is 11. The second kappa shape index (κ2) is 12.7. The van der Waals surface area contributed by atoms with Gasteiger partial charge in [0.15, 0.2) is 0 Å². The molecule has 1 atom stereocenters. The zero-order valence-corrected chi connectivity index (χ0v) is 21.4. The Morgan fingerprint density at radius 3 is 2.45 bits per heavy atom. The molecule has 0 saturated heterocycles. The Kier molecular flexibility index (Phi) is 8.89. The van der Waals surface area contributed by atoms with Gasteiger partial charge in [-0.1, -0.05) is 24.3 Å². The van der Waals surface area contributed by atoms with E-state index in [2.05, 4.69) is 10.6 Å². The molecule has 0 bridgehead atoms. The molecule has 3 amide bonds. The van der Waals surface area contributed by atoms with E-state index >= 15 is 4.39 Å². The van der Waals surface area contributed by atoms with E-state index in [9.17, 15) is 14.4 Å². The van der Waals surface area contributed by atoms with Gasteiger partial charge in [0.25, 0.3) is 5.91 Å². The molecule has 4 aromatic rings. The number of hydrogen-bond acceptors (Lipinski definition) is 6. The van der Waals surface area contributed by atoms with Crippen molar-refractivity contribution in [3.05, 3.63) is 106 Å². The maximum atomic E-state index is 15.1. The van der Waals surface area contributed by atoms with Crippen LogP contribution in [0.5, 0.6) is 5.75 Å². The number of ether oxygens (including phenoxy) is 1. The summed E-state index contributed by atoms with van der Waals surface area (Å²) in [6, 6.07) is 17.6. The molecular weight excluding hydrogens is 509 g/mol. The largest absolute Gasteiger partial charge is 0.494 e. The Balaban J connectivity index is 1.69. The summed E-state index contributed by atoms with van der Waals surface area (Å²) >= 11 is 1.24. The Hall–Kier alpha value is -4.44. The van der Waals surface area contributed by atoms with Crippen molar-refractivity contribution in [3.63, 3.8) is 0 Å². The molecule has 8 nitrogen and oxygen atoms in total. The highest BCUT2D eigenvalue weighted by molar-refractivity contribution is 7.12. The molecule has 2 aromatic heterocycles. The standard InChI is InChI=1S/C28H26FN3O5S/c1-2-36-20-13-11-19(12-14-20)32(25(33)18-31-27(34)24-10-6-16-38-24)26(22-8-3-4-9-23(22)29)28(35)30-17-21-7-5-15-37-21/h3-16,26H,2,17-18H2,1H3,(H,30,35)(H,31,34)/t26-/m0/s1. The number of anilines is 1. The van der Waals surface area contributed by atoms with Gasteiger partial charge in [-0.3, -0.25) is 19.3 Å². The van der Waals surface area contributed by atoms with Crippen LogP contribution in [0.2, 0.25) is 0 Å². The van der Waals surface area contributed by atoms with Gasteiger partial charge in [0, 0.05) is 11.3 Å². The summed E-state index contributed by atoms with van der Waals surface area (Å²) in [5.41, 5.74) is 0.321. The predicted molar refractivity (Wildman–Crippen MR) is 141 cm³/mol. The average Bonchev–Trinajstić information content (AvgIpc) is 3.65. The molecule has 0 aliphatic heterocycles. The van der Waals surface area contributed by atoms with Crippen molar-refractivity contribution in [1.82, 2.24) is 10.6 Å². The minimum absolute atomic E-state index is 0.00346. The van der Waals surface area contributed by atoms with E-state index in [0.717, 1.165) is 0 Å². The third-order valence-electron chi connectivity index (χ3n) is 5.56. The first-order valence-corrected chi connectivity index (χ1v) is 12.8. The number of carbonyl (C=O) groups excluding carboxylic acids is 3. The lowest BCUT2D eigenvalue weighted by Crippen LogP contribution is -2.47. The molecule has 38 heavy (non-hydrogen) atoms. The third-order valence-corrected chi connectivity index (χ3v) is 6.43. The fraction of sp³-hybridized carbons (Fsp3) is 0.179. The summed E-state index contributed by atoms with van der Waals surface area (Å²) in [4.78, 5) is 41.4.